The van der Waals surface area contributed by atoms with E-state index in [4.69, 9.17) is 45.6 Å². The summed E-state index contributed by atoms with van der Waals surface area (Å²) >= 11 is 0. The number of nitrogens with one attached hydrogen (secondary N) is 5. The van der Waals surface area contributed by atoms with Crippen LogP contribution in [-0.2, 0) is 71.5 Å². The van der Waals surface area contributed by atoms with Crippen LogP contribution in [-0.4, -0.2) is 196 Å². The largest absolute Gasteiger partial charge is 0.439 e. The number of ether oxygens (including phenoxy) is 6. The molecule has 30 heteroatoms. The van der Waals surface area contributed by atoms with Crippen molar-refractivity contribution < 1.29 is 98.4 Å². The number of carbonyl (C=O) groups is 8. The van der Waals surface area contributed by atoms with E-state index in [9.17, 15) is 65.8 Å². The number of aliphatic hydroxyl groups excluding tert-OH is 2. The van der Waals surface area contributed by atoms with Crippen molar-refractivity contribution in [2.24, 2.45) is 40.9 Å². The number of alkyl halides is 2. The minimum atomic E-state index is -3.78. The Bertz CT molecular complexity index is 3490. The second kappa shape index (κ2) is 43.6. The summed E-state index contributed by atoms with van der Waals surface area (Å²) in [4.78, 5) is 103. The van der Waals surface area contributed by atoms with Crippen molar-refractivity contribution in [1.82, 2.24) is 26.6 Å². The molecular formula is C71H102F2N8O19S. The van der Waals surface area contributed by atoms with Gasteiger partial charge < -0.3 is 82.4 Å². The van der Waals surface area contributed by atoms with Crippen LogP contribution in [0.3, 0.4) is 0 Å². The van der Waals surface area contributed by atoms with E-state index in [-0.39, 0.29) is 101 Å². The van der Waals surface area contributed by atoms with Gasteiger partial charge in [0.2, 0.25) is 23.1 Å². The van der Waals surface area contributed by atoms with Crippen LogP contribution in [0.25, 0.3) is 0 Å². The third-order valence-corrected chi connectivity index (χ3v) is 17.9. The van der Waals surface area contributed by atoms with E-state index in [2.05, 4.69) is 30.8 Å². The molecule has 1 aromatic rings. The first-order valence-electron chi connectivity index (χ1n) is 32.9. The Balaban J connectivity index is 0.000000441. The van der Waals surface area contributed by atoms with Gasteiger partial charge in [0.05, 0.1) is 58.7 Å². The van der Waals surface area contributed by atoms with Crippen LogP contribution >= 0.6 is 0 Å². The van der Waals surface area contributed by atoms with Gasteiger partial charge in [-0.25, -0.2) is 18.4 Å². The van der Waals surface area contributed by atoms with Crippen LogP contribution in [0.4, 0.5) is 18.4 Å². The quantitative estimate of drug-likeness (QED) is 0.0381. The second-order valence-electron chi connectivity index (χ2n) is 24.7. The number of aryl methyl sites for hydroxylation is 1. The molecule has 4 bridgehead atoms. The third-order valence-electron chi connectivity index (χ3n) is 16.5. The Morgan fingerprint density at radius 2 is 1.02 bits per heavy atom. The molecule has 2 aliphatic heterocycles. The van der Waals surface area contributed by atoms with Gasteiger partial charge in [0.15, 0.2) is 12.2 Å². The number of primary amides is 2. The Morgan fingerprint density at radius 1 is 0.604 bits per heavy atom. The molecule has 4 aliphatic rings. The molecule has 0 radical (unpaired) electrons. The maximum Gasteiger partial charge on any atom is 0.405 e. The van der Waals surface area contributed by atoms with Gasteiger partial charge in [0.1, 0.15) is 25.6 Å². The number of aliphatic hydroxyl groups is 2. The van der Waals surface area contributed by atoms with Crippen molar-refractivity contribution in [3.05, 3.63) is 147 Å². The lowest BCUT2D eigenvalue weighted by Crippen LogP contribution is -2.38. The number of halogens is 2. The predicted molar refractivity (Wildman–Crippen MR) is 373 cm³/mol. The van der Waals surface area contributed by atoms with E-state index >= 15 is 0 Å². The van der Waals surface area contributed by atoms with Crippen LogP contribution in [0.2, 0.25) is 0 Å². The van der Waals surface area contributed by atoms with Gasteiger partial charge in [-0.05, 0) is 95.4 Å². The van der Waals surface area contributed by atoms with Crippen molar-refractivity contribution >= 4 is 57.3 Å². The highest BCUT2D eigenvalue weighted by atomic mass is 32.2. The van der Waals surface area contributed by atoms with E-state index in [1.807, 2.05) is 20.8 Å². The fraction of sp³-hybridized carbons (Fsp3) is 0.521. The lowest BCUT2D eigenvalue weighted by Gasteiger charge is -2.30. The Labute approximate surface area is 590 Å². The van der Waals surface area contributed by atoms with Gasteiger partial charge in [-0.1, -0.05) is 94.0 Å². The zero-order chi connectivity index (χ0) is 75.8. The summed E-state index contributed by atoms with van der Waals surface area (Å²) in [6, 6.07) is 6.18. The van der Waals surface area contributed by atoms with Crippen LogP contribution in [0.15, 0.2) is 146 Å². The van der Waals surface area contributed by atoms with Crippen LogP contribution in [0, 0.1) is 30.6 Å². The van der Waals surface area contributed by atoms with Gasteiger partial charge in [0, 0.05) is 107 Å². The van der Waals surface area contributed by atoms with E-state index < -0.39 is 138 Å². The van der Waals surface area contributed by atoms with E-state index in [1.54, 1.807) is 77.1 Å². The number of rotatable bonds is 19. The molecule has 13 N–H and O–H groups in total. The topological polar surface area (TPSA) is 414 Å². The second-order valence-corrected chi connectivity index (χ2v) is 26.3. The lowest BCUT2D eigenvalue weighted by atomic mass is 9.85. The highest BCUT2D eigenvalue weighted by Crippen LogP contribution is 2.32. The zero-order valence-corrected chi connectivity index (χ0v) is 60.5. The van der Waals surface area contributed by atoms with Crippen LogP contribution in [0.5, 0.6) is 0 Å². The number of Topliss-reactive ketones (excluding diaryl/α,β-unsaturated/α-hetero) is 2. The average Bonchev–Trinajstić information content (AvgIpc) is 1.11. The summed E-state index contributed by atoms with van der Waals surface area (Å²) in [6.07, 6.45) is 7.24. The molecule has 27 nitrogen and oxygen atoms in total. The first-order valence-corrected chi connectivity index (χ1v) is 34.3. The molecule has 0 saturated heterocycles. The monoisotopic (exact) mass is 1440 g/mol. The molecule has 0 unspecified atom stereocenters. The average molecular weight is 1440 g/mol. The summed E-state index contributed by atoms with van der Waals surface area (Å²) in [6.45, 7) is 15.3. The number of methoxy groups -OCH3 is 4. The molecule has 4 amide bonds. The fourth-order valence-electron chi connectivity index (χ4n) is 11.1. The van der Waals surface area contributed by atoms with Crippen molar-refractivity contribution in [3.63, 3.8) is 0 Å². The molecule has 0 spiro atoms. The highest BCUT2D eigenvalue weighted by molar-refractivity contribution is 7.86. The van der Waals surface area contributed by atoms with Crippen molar-refractivity contribution in [1.29, 1.82) is 0 Å². The predicted octanol–water partition coefficient (Wildman–Crippen LogP) is 4.89. The molecule has 560 valence electrons. The minimum absolute atomic E-state index is 0.0524. The summed E-state index contributed by atoms with van der Waals surface area (Å²) < 4.78 is 84.3. The number of hydrogen-bond donors (Lipinski definition) is 10. The van der Waals surface area contributed by atoms with Gasteiger partial charge in [-0.15, -0.1) is 0 Å². The number of ketones is 4. The summed E-state index contributed by atoms with van der Waals surface area (Å²) in [5, 5.41) is 36.4. The molecule has 0 saturated carbocycles. The summed E-state index contributed by atoms with van der Waals surface area (Å²) in [5.41, 5.74) is 19.2. The molecule has 101 heavy (non-hydrogen) atoms. The normalized spacial score (nSPS) is 28.3. The van der Waals surface area contributed by atoms with Gasteiger partial charge in [-0.2, -0.15) is 8.42 Å². The number of hydrogen-bond acceptors (Lipinski definition) is 23. The Morgan fingerprint density at radius 3 is 1.39 bits per heavy atom. The van der Waals surface area contributed by atoms with E-state index in [0.29, 0.717) is 30.5 Å². The van der Waals surface area contributed by atoms with Crippen molar-refractivity contribution in [2.45, 2.75) is 142 Å². The molecule has 2 aliphatic carbocycles. The Hall–Kier alpha value is -8.17. The van der Waals surface area contributed by atoms with Gasteiger partial charge in [-0.3, -0.25) is 33.0 Å². The molecule has 1 aromatic carbocycles. The zero-order valence-electron chi connectivity index (χ0n) is 59.7. The summed E-state index contributed by atoms with van der Waals surface area (Å²) in [7, 11) is 2.03. The first-order chi connectivity index (χ1) is 47.7. The molecule has 0 fully saturated rings. The third kappa shape index (κ3) is 27.6. The maximum absolute atomic E-state index is 13.7. The highest BCUT2D eigenvalue weighted by Gasteiger charge is 2.36. The number of allylic oxidation sites excluding steroid dienone is 8. The standard InChI is InChI=1S/C32H47FN4O8.C30H44N4O8.C9H11FO3S/c1-18-14-22-27(36-13-12-35-11-10-33)24(38)17-23(29(22)40)37-31(41)19(2)8-7-9-25(43-5)30(45-32(34)42)21(4)16-20(3)28(39)26(15-18)44-6;1-16-12-20-25(33-11-10-31)22(35)15-21(27(20)37)34-29(38)17(2)8-7-9-23(40-5)28(42-30(32)39)19(4)14-18(3)26(36)24(13-16)41-6;1-8-2-4-9(5-3-8)14(11,12)13-7-6-10/h7-9,16-18,20,25-26,28,30,35-36,39H,10-15H2,1-6H3,(H2,34,42)(H,37,41);7-9,14-16,18,23-24,26,28,33,36H,10-13,31H2,1-6H3,(H2,32,39)(H,34,38);2-5H,6-7H2,1H3/b9-7-,19-8+,21-16+;9-7-,17-8+,19-14+;/t18-,20+,25+,26+,28-,30+;16-,18+,23+,24+,26-,28+;/m11./s1/i33-1;;10-1. The smallest absolute Gasteiger partial charge is 0.405 e. The maximum atomic E-state index is 13.7. The van der Waals surface area contributed by atoms with Crippen LogP contribution < -0.4 is 43.8 Å². The van der Waals surface area contributed by atoms with E-state index in [0.717, 1.165) is 17.7 Å². The number of carbonyl (C=O) groups excluding carboxylic acids is 8. The van der Waals surface area contributed by atoms with Crippen LogP contribution in [0.1, 0.15) is 86.6 Å². The van der Waals surface area contributed by atoms with Gasteiger partial charge >= 0.3 is 12.2 Å². The van der Waals surface area contributed by atoms with Gasteiger partial charge in [0.25, 0.3) is 21.9 Å². The number of amides is 4. The number of fused-ring (bicyclic) bond motifs is 4. The number of benzene rings is 1. The molecule has 0 aromatic heterocycles. The number of nitrogens with two attached hydrogens (primary N) is 3. The minimum Gasteiger partial charge on any atom is -0.439 e. The van der Waals surface area contributed by atoms with Crippen molar-refractivity contribution in [2.75, 3.05) is 81.1 Å². The summed E-state index contributed by atoms with van der Waals surface area (Å²) in [5.74, 6) is -4.48. The molecule has 12 atom stereocenters. The molecule has 5 rings (SSSR count). The van der Waals surface area contributed by atoms with E-state index in [1.165, 1.54) is 65.7 Å². The lowest BCUT2D eigenvalue weighted by molar-refractivity contribution is -0.120. The van der Waals surface area contributed by atoms with Crippen molar-refractivity contribution in [3.8, 4) is 0 Å². The molecule has 2 heterocycles. The first kappa shape index (κ1) is 87.0. The SMILES string of the molecule is CO[C@H]1/C=C\C=C(/C)C(=O)NC2=CC(=O)C(NCCN)=C(C[C@@H](C)C[C@H](OC)[C@H](O)[C@@H](C)/C=C(\C)[C@@H]1OC(N)=O)C2=O.CO[C@H]1/C=C\C=C(/C)C(=O)NC2=CC(=O)C(NCCNCC[18F])=C(C[C@@H](C)C[C@H](OC)[C@H](O)[C@@H](C)/C=C(\C)[C@@H]1OC(N)=O)C2=O.Cc1ccc(S(=O)(=O)OCC[18F])cc1. The molecular weight excluding hydrogens is 1340 g/mol. The fourth-order valence-corrected chi connectivity index (χ4v) is 12.0. The Kier molecular flexibility index (Phi) is 37.6.